The molecule has 6 aromatic rings. The Kier molecular flexibility index (Phi) is 7.15. The van der Waals surface area contributed by atoms with Crippen molar-refractivity contribution in [3.8, 4) is 28.0 Å². The molecule has 12 heteroatoms. The molecule has 0 amide bonds. The molecule has 0 spiro atoms. The average Bonchev–Trinajstić information content (AvgIpc) is 3.00. The van der Waals surface area contributed by atoms with Crippen LogP contribution in [-0.4, -0.2) is 21.4 Å². The first-order valence-corrected chi connectivity index (χ1v) is 15.6. The van der Waals surface area contributed by atoms with Gasteiger partial charge < -0.3 is 8.74 Å². The summed E-state index contributed by atoms with van der Waals surface area (Å²) in [4.78, 5) is -3.03. The lowest BCUT2D eigenvalue weighted by Crippen LogP contribution is -2.17. The van der Waals surface area contributed by atoms with Crippen molar-refractivity contribution in [3.05, 3.63) is 126 Å². The van der Waals surface area contributed by atoms with Crippen molar-refractivity contribution in [2.24, 2.45) is 0 Å². The van der Waals surface area contributed by atoms with Gasteiger partial charge in [0.05, 0.1) is 0 Å². The van der Waals surface area contributed by atoms with Gasteiger partial charge in [0.25, 0.3) is 0 Å². The maximum Gasteiger partial charge on any atom is 0.340 e. The Morgan fingerprint density at radius 3 is 1.36 bits per heavy atom. The third-order valence-electron chi connectivity index (χ3n) is 7.01. The largest absolute Gasteiger partial charge is 0.744 e. The maximum absolute atomic E-state index is 14.9. The van der Waals surface area contributed by atoms with E-state index in [4.69, 9.17) is 4.18 Å². The van der Waals surface area contributed by atoms with Gasteiger partial charge in [-0.1, -0.05) is 91.0 Å². The van der Waals surface area contributed by atoms with Crippen molar-refractivity contribution in [3.63, 3.8) is 0 Å². The van der Waals surface area contributed by atoms with Gasteiger partial charge in [-0.15, -0.1) is 0 Å². The molecule has 0 aliphatic heterocycles. The molecule has 0 heterocycles. The Bertz CT molecular complexity index is 2230. The van der Waals surface area contributed by atoms with E-state index in [0.717, 1.165) is 21.5 Å². The van der Waals surface area contributed by atoms with Crippen LogP contribution in [0.4, 0.5) is 17.6 Å². The molecule has 0 fully saturated rings. The molecule has 0 unspecified atom stereocenters. The van der Waals surface area contributed by atoms with Gasteiger partial charge in [0.2, 0.25) is 17.4 Å². The molecule has 0 saturated carbocycles. The summed E-state index contributed by atoms with van der Waals surface area (Å²) in [5.74, 6) is -12.4. The molecule has 0 atom stereocenters. The molecule has 0 aromatic heterocycles. The van der Waals surface area contributed by atoms with Crippen LogP contribution in [0.3, 0.4) is 0 Å². The minimum absolute atomic E-state index is 0.0296. The second kappa shape index (κ2) is 10.7. The third kappa shape index (κ3) is 5.06. The van der Waals surface area contributed by atoms with Gasteiger partial charge in [0, 0.05) is 11.1 Å². The van der Waals surface area contributed by atoms with Crippen molar-refractivity contribution in [2.75, 3.05) is 0 Å². The second-order valence-corrected chi connectivity index (χ2v) is 12.5. The lowest BCUT2D eigenvalue weighted by molar-refractivity contribution is 0.363. The highest BCUT2D eigenvalue weighted by atomic mass is 32.2. The number of benzene rings is 6. The summed E-state index contributed by atoms with van der Waals surface area (Å²) < 4.78 is 125. The standard InChI is InChI=1S/C32H18F4O6S2/c33-26-28(35)32(43(37,38)39)29(36)27(34)30(26)42-44(40,41)31-24(22-14-12-18-6-1-3-8-20(18)16-22)10-5-11-25(31)23-15-13-19-7-2-4-9-21(19)17-23/h1-17H,(H,37,38,39)/p-1. The molecule has 0 aliphatic carbocycles. The minimum Gasteiger partial charge on any atom is -0.744 e. The highest BCUT2D eigenvalue weighted by Gasteiger charge is 2.35. The van der Waals surface area contributed by atoms with E-state index in [1.54, 1.807) is 66.7 Å². The van der Waals surface area contributed by atoms with Crippen LogP contribution in [0.2, 0.25) is 0 Å². The van der Waals surface area contributed by atoms with Crippen LogP contribution in [0.15, 0.2) is 113 Å². The number of hydrogen-bond donors (Lipinski definition) is 0. The van der Waals surface area contributed by atoms with E-state index in [0.29, 0.717) is 11.1 Å². The molecule has 0 bridgehead atoms. The summed E-state index contributed by atoms with van der Waals surface area (Å²) >= 11 is 0. The van der Waals surface area contributed by atoms with Crippen LogP contribution in [0.1, 0.15) is 0 Å². The van der Waals surface area contributed by atoms with Gasteiger partial charge in [-0.2, -0.15) is 17.2 Å². The highest BCUT2D eigenvalue weighted by molar-refractivity contribution is 7.87. The summed E-state index contributed by atoms with van der Waals surface area (Å²) in [7, 11) is -11.4. The number of fused-ring (bicyclic) bond motifs is 2. The summed E-state index contributed by atoms with van der Waals surface area (Å²) in [6.45, 7) is 0. The zero-order valence-electron chi connectivity index (χ0n) is 22.1. The minimum atomic E-state index is -6.03. The van der Waals surface area contributed by atoms with E-state index in [-0.39, 0.29) is 11.1 Å². The van der Waals surface area contributed by atoms with Crippen molar-refractivity contribution >= 4 is 41.8 Å². The fourth-order valence-corrected chi connectivity index (χ4v) is 6.99. The van der Waals surface area contributed by atoms with E-state index in [9.17, 15) is 39.0 Å². The average molecular weight is 638 g/mol. The highest BCUT2D eigenvalue weighted by Crippen LogP contribution is 2.41. The zero-order chi connectivity index (χ0) is 31.4. The molecular formula is C32H17F4O6S2-. The smallest absolute Gasteiger partial charge is 0.340 e. The molecule has 6 nitrogen and oxygen atoms in total. The first-order chi connectivity index (χ1) is 20.9. The first-order valence-electron chi connectivity index (χ1n) is 12.7. The van der Waals surface area contributed by atoms with Crippen LogP contribution in [0, 0.1) is 23.3 Å². The van der Waals surface area contributed by atoms with E-state index in [1.807, 2.05) is 24.3 Å². The van der Waals surface area contributed by atoms with Gasteiger partial charge in [-0.05, 0) is 44.8 Å². The van der Waals surface area contributed by atoms with E-state index >= 15 is 0 Å². The summed E-state index contributed by atoms with van der Waals surface area (Å²) in [6, 6.07) is 28.9. The summed E-state index contributed by atoms with van der Waals surface area (Å²) in [5.41, 5.74) is 0.781. The molecular weight excluding hydrogens is 620 g/mol. The Balaban J connectivity index is 1.61. The topological polar surface area (TPSA) is 101 Å². The SMILES string of the molecule is O=S(=O)([O-])c1c(F)c(F)c(OS(=O)(=O)c2c(-c3ccc4ccccc4c3)cccc2-c2ccc3ccccc3c2)c(F)c1F. The molecule has 0 aliphatic rings. The van der Waals surface area contributed by atoms with E-state index in [2.05, 4.69) is 0 Å². The van der Waals surface area contributed by atoms with Crippen molar-refractivity contribution in [2.45, 2.75) is 9.79 Å². The van der Waals surface area contributed by atoms with Crippen LogP contribution in [0.25, 0.3) is 43.8 Å². The molecule has 6 rings (SSSR count). The molecule has 6 aromatic carbocycles. The van der Waals surface area contributed by atoms with Gasteiger partial charge >= 0.3 is 10.1 Å². The number of halogens is 4. The predicted molar refractivity (Wildman–Crippen MR) is 154 cm³/mol. The monoisotopic (exact) mass is 637 g/mol. The first kappa shape index (κ1) is 29.3. The molecule has 0 radical (unpaired) electrons. The van der Waals surface area contributed by atoms with Crippen molar-refractivity contribution < 1.29 is 43.1 Å². The lowest BCUT2D eigenvalue weighted by Gasteiger charge is -2.18. The Labute approximate surface area is 248 Å². The Hall–Kier alpha value is -4.78. The van der Waals surface area contributed by atoms with Crippen LogP contribution < -0.4 is 4.18 Å². The zero-order valence-corrected chi connectivity index (χ0v) is 23.7. The molecule has 0 N–H and O–H groups in total. The summed E-state index contributed by atoms with van der Waals surface area (Å²) in [5, 5.41) is 3.15. The second-order valence-electron chi connectivity index (χ2n) is 9.71. The molecule has 0 saturated heterocycles. The fraction of sp³-hybridized carbons (Fsp3) is 0. The Morgan fingerprint density at radius 1 is 0.500 bits per heavy atom. The van der Waals surface area contributed by atoms with Crippen LogP contribution in [0.5, 0.6) is 5.75 Å². The predicted octanol–water partition coefficient (Wildman–Crippen LogP) is 7.56. The summed E-state index contributed by atoms with van der Waals surface area (Å²) in [6.07, 6.45) is 0. The van der Waals surface area contributed by atoms with Crippen molar-refractivity contribution in [1.82, 2.24) is 0 Å². The van der Waals surface area contributed by atoms with Gasteiger partial charge in [-0.3, -0.25) is 0 Å². The molecule has 44 heavy (non-hydrogen) atoms. The fourth-order valence-electron chi connectivity index (χ4n) is 5.01. The van der Waals surface area contributed by atoms with Crippen LogP contribution >= 0.6 is 0 Å². The van der Waals surface area contributed by atoms with E-state index < -0.39 is 59.0 Å². The quantitative estimate of drug-likeness (QED) is 0.0809. The van der Waals surface area contributed by atoms with Gasteiger partial charge in [0.1, 0.15) is 19.9 Å². The number of rotatable bonds is 6. The maximum atomic E-state index is 14.9. The van der Waals surface area contributed by atoms with Gasteiger partial charge in [-0.25, -0.2) is 17.2 Å². The normalized spacial score (nSPS) is 12.1. The van der Waals surface area contributed by atoms with E-state index in [1.165, 1.54) is 12.1 Å². The Morgan fingerprint density at radius 2 is 0.932 bits per heavy atom. The van der Waals surface area contributed by atoms with Crippen LogP contribution in [-0.2, 0) is 20.2 Å². The lowest BCUT2D eigenvalue weighted by atomic mass is 9.96. The van der Waals surface area contributed by atoms with Crippen molar-refractivity contribution in [1.29, 1.82) is 0 Å². The van der Waals surface area contributed by atoms with Gasteiger partial charge in [0.15, 0.2) is 11.6 Å². The molecule has 222 valence electrons. The number of hydrogen-bond acceptors (Lipinski definition) is 6. The third-order valence-corrected chi connectivity index (χ3v) is 9.20.